The van der Waals surface area contributed by atoms with E-state index in [1.807, 2.05) is 26.0 Å². The first kappa shape index (κ1) is 12.4. The lowest BCUT2D eigenvalue weighted by molar-refractivity contribution is 0.408. The number of halogens is 1. The van der Waals surface area contributed by atoms with Crippen LogP contribution in [-0.4, -0.2) is 12.1 Å². The second kappa shape index (κ2) is 5.06. The molecule has 90 valence electrons. The van der Waals surface area contributed by atoms with Crippen LogP contribution >= 0.6 is 27.3 Å². The van der Waals surface area contributed by atoms with E-state index in [4.69, 9.17) is 9.47 Å². The molecule has 0 fully saturated rings. The molecular formula is C12H12BrNO2S. The second-order valence-corrected chi connectivity index (χ2v) is 5.92. The van der Waals surface area contributed by atoms with Crippen LogP contribution in [0.2, 0.25) is 0 Å². The molecule has 5 heteroatoms. The van der Waals surface area contributed by atoms with Gasteiger partial charge in [-0.3, -0.25) is 0 Å². The molecule has 0 unspecified atom stereocenters. The third kappa shape index (κ3) is 2.61. The molecule has 0 bridgehead atoms. The Bertz CT molecular complexity index is 539. The van der Waals surface area contributed by atoms with Crippen molar-refractivity contribution in [1.29, 1.82) is 0 Å². The average Bonchev–Trinajstić information content (AvgIpc) is 2.71. The molecule has 0 saturated carbocycles. The summed E-state index contributed by atoms with van der Waals surface area (Å²) in [5.41, 5.74) is 2.15. The number of aromatic nitrogens is 1. The molecule has 17 heavy (non-hydrogen) atoms. The van der Waals surface area contributed by atoms with Crippen molar-refractivity contribution in [2.75, 3.05) is 7.11 Å². The van der Waals surface area contributed by atoms with Crippen LogP contribution in [0.15, 0.2) is 22.1 Å². The summed E-state index contributed by atoms with van der Waals surface area (Å²) >= 11 is 4.82. The average molecular weight is 314 g/mol. The molecule has 0 N–H and O–H groups in total. The molecule has 0 saturated heterocycles. The van der Waals surface area contributed by atoms with Crippen LogP contribution in [0.5, 0.6) is 16.7 Å². The van der Waals surface area contributed by atoms with Crippen LogP contribution in [0.1, 0.15) is 11.1 Å². The van der Waals surface area contributed by atoms with Crippen molar-refractivity contribution in [2.24, 2.45) is 0 Å². The standard InChI is InChI=1S/C12H12BrNO2S/c1-7-8(2)10(5-4-9(7)15-3)16-12-14-6-11(13)17-12/h4-6H,1-3H3. The Hall–Kier alpha value is -1.07. The predicted octanol–water partition coefficient (Wildman–Crippen LogP) is 4.32. The maximum atomic E-state index is 5.73. The summed E-state index contributed by atoms with van der Waals surface area (Å²) in [5.74, 6) is 1.68. The van der Waals surface area contributed by atoms with Gasteiger partial charge in [0.25, 0.3) is 5.19 Å². The molecule has 0 aliphatic heterocycles. The molecule has 1 aromatic heterocycles. The fourth-order valence-corrected chi connectivity index (χ4v) is 2.51. The van der Waals surface area contributed by atoms with Crippen LogP contribution in [0, 0.1) is 13.8 Å². The van der Waals surface area contributed by atoms with Gasteiger partial charge in [0.2, 0.25) is 0 Å². The third-order valence-electron chi connectivity index (χ3n) is 2.56. The van der Waals surface area contributed by atoms with E-state index in [9.17, 15) is 0 Å². The maximum absolute atomic E-state index is 5.73. The van der Waals surface area contributed by atoms with E-state index in [-0.39, 0.29) is 0 Å². The Morgan fingerprint density at radius 1 is 1.18 bits per heavy atom. The summed E-state index contributed by atoms with van der Waals surface area (Å²) < 4.78 is 11.9. The highest BCUT2D eigenvalue weighted by Gasteiger charge is 2.10. The Balaban J connectivity index is 2.31. The van der Waals surface area contributed by atoms with Crippen LogP contribution in [0.4, 0.5) is 0 Å². The van der Waals surface area contributed by atoms with Gasteiger partial charge in [-0.05, 0) is 53.0 Å². The minimum Gasteiger partial charge on any atom is -0.496 e. The highest BCUT2D eigenvalue weighted by atomic mass is 79.9. The smallest absolute Gasteiger partial charge is 0.279 e. The molecule has 1 aromatic carbocycles. The quantitative estimate of drug-likeness (QED) is 0.845. The lowest BCUT2D eigenvalue weighted by atomic mass is 10.1. The lowest BCUT2D eigenvalue weighted by Crippen LogP contribution is -1.93. The zero-order valence-electron chi connectivity index (χ0n) is 9.78. The van der Waals surface area contributed by atoms with Crippen molar-refractivity contribution in [3.05, 3.63) is 33.2 Å². The van der Waals surface area contributed by atoms with Gasteiger partial charge in [0.1, 0.15) is 11.5 Å². The monoisotopic (exact) mass is 313 g/mol. The van der Waals surface area contributed by atoms with Gasteiger partial charge in [-0.1, -0.05) is 11.3 Å². The van der Waals surface area contributed by atoms with Gasteiger partial charge in [0.05, 0.1) is 17.1 Å². The minimum absolute atomic E-state index is 0.629. The molecule has 0 spiro atoms. The largest absolute Gasteiger partial charge is 0.496 e. The van der Waals surface area contributed by atoms with E-state index in [1.165, 1.54) is 11.3 Å². The van der Waals surface area contributed by atoms with Gasteiger partial charge in [0.15, 0.2) is 0 Å². The fraction of sp³-hybridized carbons (Fsp3) is 0.250. The summed E-state index contributed by atoms with van der Waals surface area (Å²) in [6.07, 6.45) is 1.73. The van der Waals surface area contributed by atoms with Crippen molar-refractivity contribution in [2.45, 2.75) is 13.8 Å². The number of benzene rings is 1. The van der Waals surface area contributed by atoms with Crippen molar-refractivity contribution < 1.29 is 9.47 Å². The van der Waals surface area contributed by atoms with Crippen LogP contribution in [0.25, 0.3) is 0 Å². The first-order valence-electron chi connectivity index (χ1n) is 5.05. The molecule has 3 nitrogen and oxygen atoms in total. The molecule has 0 amide bonds. The molecule has 1 heterocycles. The van der Waals surface area contributed by atoms with Crippen LogP contribution in [-0.2, 0) is 0 Å². The van der Waals surface area contributed by atoms with E-state index < -0.39 is 0 Å². The van der Waals surface area contributed by atoms with Gasteiger partial charge < -0.3 is 9.47 Å². The van der Waals surface area contributed by atoms with Crippen molar-refractivity contribution >= 4 is 27.3 Å². The molecule has 2 rings (SSSR count). The van der Waals surface area contributed by atoms with Crippen molar-refractivity contribution in [3.63, 3.8) is 0 Å². The Kier molecular flexibility index (Phi) is 3.69. The van der Waals surface area contributed by atoms with Gasteiger partial charge in [-0.2, -0.15) is 0 Å². The van der Waals surface area contributed by atoms with E-state index in [1.54, 1.807) is 13.3 Å². The number of hydrogen-bond donors (Lipinski definition) is 0. The Morgan fingerprint density at radius 2 is 1.82 bits per heavy atom. The van der Waals surface area contributed by atoms with Crippen LogP contribution in [0.3, 0.4) is 0 Å². The van der Waals surface area contributed by atoms with Gasteiger partial charge >= 0.3 is 0 Å². The molecule has 2 aromatic rings. The highest BCUT2D eigenvalue weighted by Crippen LogP contribution is 2.34. The summed E-state index contributed by atoms with van der Waals surface area (Å²) in [7, 11) is 1.67. The minimum atomic E-state index is 0.629. The first-order chi connectivity index (χ1) is 8.11. The normalized spacial score (nSPS) is 10.4. The molecular weight excluding hydrogens is 302 g/mol. The summed E-state index contributed by atoms with van der Waals surface area (Å²) in [6, 6.07) is 3.80. The van der Waals surface area contributed by atoms with E-state index >= 15 is 0 Å². The van der Waals surface area contributed by atoms with Gasteiger partial charge in [0, 0.05) is 0 Å². The molecule has 0 aliphatic rings. The number of rotatable bonds is 3. The summed E-state index contributed by atoms with van der Waals surface area (Å²) in [4.78, 5) is 4.14. The van der Waals surface area contributed by atoms with E-state index in [0.717, 1.165) is 26.4 Å². The first-order valence-corrected chi connectivity index (χ1v) is 6.66. The highest BCUT2D eigenvalue weighted by molar-refractivity contribution is 9.11. The number of ether oxygens (including phenoxy) is 2. The molecule has 0 radical (unpaired) electrons. The topological polar surface area (TPSA) is 31.4 Å². The number of thiazole rings is 1. The Labute approximate surface area is 113 Å². The zero-order chi connectivity index (χ0) is 12.4. The van der Waals surface area contributed by atoms with E-state index in [0.29, 0.717) is 5.19 Å². The summed E-state index contributed by atoms with van der Waals surface area (Å²) in [5, 5.41) is 0.629. The third-order valence-corrected chi connectivity index (χ3v) is 3.92. The summed E-state index contributed by atoms with van der Waals surface area (Å²) in [6.45, 7) is 4.02. The molecule has 0 aliphatic carbocycles. The number of methoxy groups -OCH3 is 1. The van der Waals surface area contributed by atoms with Crippen molar-refractivity contribution in [1.82, 2.24) is 4.98 Å². The van der Waals surface area contributed by atoms with Gasteiger partial charge in [-0.25, -0.2) is 4.98 Å². The van der Waals surface area contributed by atoms with Gasteiger partial charge in [-0.15, -0.1) is 0 Å². The number of hydrogen-bond acceptors (Lipinski definition) is 4. The van der Waals surface area contributed by atoms with Crippen LogP contribution < -0.4 is 9.47 Å². The Morgan fingerprint density at radius 3 is 2.41 bits per heavy atom. The predicted molar refractivity (Wildman–Crippen MR) is 72.4 cm³/mol. The zero-order valence-corrected chi connectivity index (χ0v) is 12.2. The SMILES string of the molecule is COc1ccc(Oc2ncc(Br)s2)c(C)c1C. The number of nitrogens with zero attached hydrogens (tertiary/aromatic N) is 1. The van der Waals surface area contributed by atoms with E-state index in [2.05, 4.69) is 20.9 Å². The maximum Gasteiger partial charge on any atom is 0.279 e. The van der Waals surface area contributed by atoms with Crippen molar-refractivity contribution in [3.8, 4) is 16.7 Å². The molecule has 0 atom stereocenters. The second-order valence-electron chi connectivity index (χ2n) is 3.55. The lowest BCUT2D eigenvalue weighted by Gasteiger charge is -2.11. The fourth-order valence-electron chi connectivity index (χ4n) is 1.48.